The minimum Gasteiger partial charge on any atom is -0.289 e. The van der Waals surface area contributed by atoms with Crippen LogP contribution in [0, 0.1) is 0 Å². The molecule has 0 bridgehead atoms. The average molecular weight is 208 g/mol. The third-order valence-electron chi connectivity index (χ3n) is 3.47. The molecular weight excluding hydrogens is 196 g/mol. The van der Waals surface area contributed by atoms with E-state index in [9.17, 15) is 4.79 Å². The first kappa shape index (κ1) is 9.34. The van der Waals surface area contributed by atoms with Crippen LogP contribution >= 0.6 is 0 Å². The molecule has 0 N–H and O–H groups in total. The van der Waals surface area contributed by atoms with E-state index in [1.165, 1.54) is 0 Å². The molecule has 1 aliphatic carbocycles. The van der Waals surface area contributed by atoms with E-state index < -0.39 is 0 Å². The van der Waals surface area contributed by atoms with E-state index in [0.29, 0.717) is 5.57 Å². The lowest BCUT2D eigenvalue weighted by Crippen LogP contribution is -1.95. The smallest absolute Gasteiger partial charge is 0.189 e. The minimum atomic E-state index is 0.110. The van der Waals surface area contributed by atoms with Gasteiger partial charge in [0.25, 0.3) is 0 Å². The van der Waals surface area contributed by atoms with Gasteiger partial charge in [0, 0.05) is 17.1 Å². The maximum Gasteiger partial charge on any atom is 0.189 e. The van der Waals surface area contributed by atoms with Crippen molar-refractivity contribution in [1.29, 1.82) is 0 Å². The van der Waals surface area contributed by atoms with Gasteiger partial charge in [-0.3, -0.25) is 4.79 Å². The molecule has 0 spiro atoms. The van der Waals surface area contributed by atoms with Gasteiger partial charge < -0.3 is 0 Å². The fourth-order valence-corrected chi connectivity index (χ4v) is 2.45. The zero-order valence-corrected chi connectivity index (χ0v) is 9.16. The molecule has 1 unspecified atom stereocenters. The molecular formula is C15H12O. The standard InChI is InChI=1S/C15H12O/c1-9-10(2)15(16)14-12(9)8-7-11-5-3-4-6-13(11)14/h3-9H,2H2,1H3. The van der Waals surface area contributed by atoms with Crippen LogP contribution in [0.25, 0.3) is 10.8 Å². The molecule has 1 nitrogen and oxygen atoms in total. The fourth-order valence-electron chi connectivity index (χ4n) is 2.45. The number of carbonyl (C=O) groups excluding carboxylic acids is 1. The lowest BCUT2D eigenvalue weighted by Gasteiger charge is -2.05. The third kappa shape index (κ3) is 1.03. The largest absolute Gasteiger partial charge is 0.289 e. The summed E-state index contributed by atoms with van der Waals surface area (Å²) in [5, 5.41) is 2.17. The van der Waals surface area contributed by atoms with E-state index in [1.54, 1.807) is 0 Å². The van der Waals surface area contributed by atoms with E-state index >= 15 is 0 Å². The van der Waals surface area contributed by atoms with Gasteiger partial charge in [-0.25, -0.2) is 0 Å². The van der Waals surface area contributed by atoms with Crippen molar-refractivity contribution >= 4 is 16.6 Å². The Morgan fingerprint density at radius 1 is 1.12 bits per heavy atom. The topological polar surface area (TPSA) is 17.1 Å². The number of rotatable bonds is 0. The second-order valence-electron chi connectivity index (χ2n) is 4.33. The molecule has 0 aromatic heterocycles. The number of Topliss-reactive ketones (excluding diaryl/α,β-unsaturated/α-hetero) is 1. The molecule has 0 saturated heterocycles. The van der Waals surface area contributed by atoms with Gasteiger partial charge in [0.15, 0.2) is 5.78 Å². The quantitative estimate of drug-likeness (QED) is 0.603. The molecule has 0 radical (unpaired) electrons. The summed E-state index contributed by atoms with van der Waals surface area (Å²) in [5.41, 5.74) is 2.69. The molecule has 1 heteroatoms. The predicted octanol–water partition coefficient (Wildman–Crippen LogP) is 3.70. The zero-order chi connectivity index (χ0) is 11.3. The maximum atomic E-state index is 12.1. The molecule has 0 heterocycles. The molecule has 2 aromatic carbocycles. The highest BCUT2D eigenvalue weighted by molar-refractivity contribution is 6.20. The summed E-state index contributed by atoms with van der Waals surface area (Å²) in [6.07, 6.45) is 0. The van der Waals surface area contributed by atoms with Crippen molar-refractivity contribution in [2.75, 3.05) is 0 Å². The van der Waals surface area contributed by atoms with Gasteiger partial charge in [0.2, 0.25) is 0 Å². The van der Waals surface area contributed by atoms with Crippen molar-refractivity contribution < 1.29 is 4.79 Å². The molecule has 0 aliphatic heterocycles. The van der Waals surface area contributed by atoms with Crippen LogP contribution in [-0.2, 0) is 0 Å². The Bertz CT molecular complexity index is 622. The second-order valence-corrected chi connectivity index (χ2v) is 4.33. The number of fused-ring (bicyclic) bond motifs is 3. The maximum absolute atomic E-state index is 12.1. The average Bonchev–Trinajstić information content (AvgIpc) is 2.55. The van der Waals surface area contributed by atoms with Crippen molar-refractivity contribution in [2.24, 2.45) is 0 Å². The normalized spacial score (nSPS) is 19.2. The Hall–Kier alpha value is -1.89. The Morgan fingerprint density at radius 2 is 1.88 bits per heavy atom. The Labute approximate surface area is 94.4 Å². The molecule has 1 aliphatic rings. The number of hydrogen-bond donors (Lipinski definition) is 0. The van der Waals surface area contributed by atoms with E-state index in [4.69, 9.17) is 0 Å². The molecule has 3 rings (SSSR count). The highest BCUT2D eigenvalue weighted by atomic mass is 16.1. The van der Waals surface area contributed by atoms with Gasteiger partial charge >= 0.3 is 0 Å². The highest BCUT2D eigenvalue weighted by Crippen LogP contribution is 2.39. The van der Waals surface area contributed by atoms with Gasteiger partial charge in [0.05, 0.1) is 0 Å². The summed E-state index contributed by atoms with van der Waals surface area (Å²) < 4.78 is 0. The molecule has 1 atom stereocenters. The van der Waals surface area contributed by atoms with E-state index in [-0.39, 0.29) is 11.7 Å². The van der Waals surface area contributed by atoms with Crippen molar-refractivity contribution in [3.05, 3.63) is 59.7 Å². The zero-order valence-electron chi connectivity index (χ0n) is 9.16. The van der Waals surface area contributed by atoms with Crippen LogP contribution in [0.3, 0.4) is 0 Å². The van der Waals surface area contributed by atoms with Crippen LogP contribution < -0.4 is 0 Å². The third-order valence-corrected chi connectivity index (χ3v) is 3.47. The summed E-state index contributed by atoms with van der Waals surface area (Å²) in [4.78, 5) is 12.1. The van der Waals surface area contributed by atoms with Crippen molar-refractivity contribution in [3.8, 4) is 0 Å². The van der Waals surface area contributed by atoms with Gasteiger partial charge in [-0.15, -0.1) is 0 Å². The number of benzene rings is 2. The molecule has 78 valence electrons. The molecule has 0 fully saturated rings. The lowest BCUT2D eigenvalue weighted by atomic mass is 9.98. The van der Waals surface area contributed by atoms with E-state index in [2.05, 4.69) is 18.7 Å². The van der Waals surface area contributed by atoms with Crippen molar-refractivity contribution in [3.63, 3.8) is 0 Å². The van der Waals surface area contributed by atoms with Gasteiger partial charge in [0.1, 0.15) is 0 Å². The van der Waals surface area contributed by atoms with Gasteiger partial charge in [-0.1, -0.05) is 49.9 Å². The summed E-state index contributed by atoms with van der Waals surface area (Å²) in [7, 11) is 0. The minimum absolute atomic E-state index is 0.110. The summed E-state index contributed by atoms with van der Waals surface area (Å²) >= 11 is 0. The van der Waals surface area contributed by atoms with Crippen molar-refractivity contribution in [2.45, 2.75) is 12.8 Å². The van der Waals surface area contributed by atoms with Crippen LogP contribution in [-0.4, -0.2) is 5.78 Å². The van der Waals surface area contributed by atoms with Crippen LogP contribution in [0.5, 0.6) is 0 Å². The van der Waals surface area contributed by atoms with Gasteiger partial charge in [-0.2, -0.15) is 0 Å². The lowest BCUT2D eigenvalue weighted by molar-refractivity contribution is 0.104. The van der Waals surface area contributed by atoms with Crippen LogP contribution in [0.4, 0.5) is 0 Å². The number of carbonyl (C=O) groups is 1. The number of ketones is 1. The fraction of sp³-hybridized carbons (Fsp3) is 0.133. The van der Waals surface area contributed by atoms with E-state index in [0.717, 1.165) is 21.9 Å². The van der Waals surface area contributed by atoms with Crippen molar-refractivity contribution in [1.82, 2.24) is 0 Å². The van der Waals surface area contributed by atoms with Gasteiger partial charge in [-0.05, 0) is 16.3 Å². The monoisotopic (exact) mass is 208 g/mol. The summed E-state index contributed by atoms with van der Waals surface area (Å²) in [6, 6.07) is 12.1. The van der Waals surface area contributed by atoms with Crippen LogP contribution in [0.1, 0.15) is 28.8 Å². The Kier molecular flexibility index (Phi) is 1.78. The summed E-state index contributed by atoms with van der Waals surface area (Å²) in [6.45, 7) is 5.93. The molecule has 2 aromatic rings. The first-order chi connectivity index (χ1) is 7.70. The van der Waals surface area contributed by atoms with Crippen LogP contribution in [0.2, 0.25) is 0 Å². The number of hydrogen-bond acceptors (Lipinski definition) is 1. The second kappa shape index (κ2) is 3.05. The Balaban J connectivity index is 2.46. The Morgan fingerprint density at radius 3 is 2.69 bits per heavy atom. The molecule has 0 amide bonds. The predicted molar refractivity (Wildman–Crippen MR) is 65.8 cm³/mol. The van der Waals surface area contributed by atoms with Crippen LogP contribution in [0.15, 0.2) is 48.6 Å². The SMILES string of the molecule is C=C1C(=O)c2c(ccc3ccccc23)C1C. The van der Waals surface area contributed by atoms with E-state index in [1.807, 2.05) is 31.2 Å². The first-order valence-electron chi connectivity index (χ1n) is 5.45. The molecule has 16 heavy (non-hydrogen) atoms. The number of allylic oxidation sites excluding steroid dienone is 1. The molecule has 0 saturated carbocycles. The highest BCUT2D eigenvalue weighted by Gasteiger charge is 2.31. The first-order valence-corrected chi connectivity index (χ1v) is 5.45. The summed E-state index contributed by atoms with van der Waals surface area (Å²) in [5.74, 6) is 0.270.